The first kappa shape index (κ1) is 32.7. The van der Waals surface area contributed by atoms with Gasteiger partial charge in [-0.3, -0.25) is 0 Å². The molecule has 0 atom stereocenters. The molecule has 0 unspecified atom stereocenters. The van der Waals surface area contributed by atoms with Gasteiger partial charge in [0.15, 0.2) is 17.5 Å². The Morgan fingerprint density at radius 2 is 0.825 bits per heavy atom. The van der Waals surface area contributed by atoms with Crippen LogP contribution in [0.4, 0.5) is 0 Å². The molecule has 266 valence electrons. The highest BCUT2D eigenvalue weighted by atomic mass is 16.3. The molecule has 2 heterocycles. The molecule has 0 aliphatic rings. The lowest BCUT2D eigenvalue weighted by Gasteiger charge is -2.11. The molecule has 4 heteroatoms. The van der Waals surface area contributed by atoms with Gasteiger partial charge in [0.2, 0.25) is 0 Å². The zero-order valence-electron chi connectivity index (χ0n) is 30.8. The first-order chi connectivity index (χ1) is 28.2. The Bertz CT molecular complexity index is 3270. The van der Waals surface area contributed by atoms with E-state index in [1.807, 2.05) is 18.2 Å². The van der Waals surface area contributed by atoms with Gasteiger partial charge in [0, 0.05) is 33.0 Å². The van der Waals surface area contributed by atoms with Gasteiger partial charge in [-0.05, 0) is 61.5 Å². The van der Waals surface area contributed by atoms with Crippen molar-refractivity contribution in [2.24, 2.45) is 0 Å². The molecule has 11 rings (SSSR count). The zero-order chi connectivity index (χ0) is 37.7. The van der Waals surface area contributed by atoms with Crippen molar-refractivity contribution in [2.75, 3.05) is 0 Å². The van der Waals surface area contributed by atoms with Gasteiger partial charge in [0.25, 0.3) is 0 Å². The fraction of sp³-hybridized carbons (Fsp3) is 0. The van der Waals surface area contributed by atoms with E-state index < -0.39 is 0 Å². The van der Waals surface area contributed by atoms with Gasteiger partial charge in [-0.25, -0.2) is 15.0 Å². The molecular weight excluding hydrogens is 695 g/mol. The minimum atomic E-state index is 0.591. The van der Waals surface area contributed by atoms with E-state index in [-0.39, 0.29) is 0 Å². The average molecular weight is 728 g/mol. The van der Waals surface area contributed by atoms with Gasteiger partial charge < -0.3 is 4.42 Å². The van der Waals surface area contributed by atoms with Crippen molar-refractivity contribution in [2.45, 2.75) is 0 Å². The molecule has 0 radical (unpaired) electrons. The molecule has 57 heavy (non-hydrogen) atoms. The van der Waals surface area contributed by atoms with E-state index in [0.29, 0.717) is 17.5 Å². The van der Waals surface area contributed by atoms with Crippen LogP contribution in [0.5, 0.6) is 0 Å². The van der Waals surface area contributed by atoms with Crippen molar-refractivity contribution in [3.05, 3.63) is 200 Å². The van der Waals surface area contributed by atoms with Crippen LogP contribution in [0.2, 0.25) is 0 Å². The lowest BCUT2D eigenvalue weighted by Crippen LogP contribution is -2.01. The van der Waals surface area contributed by atoms with Gasteiger partial charge in [0.05, 0.1) is 0 Å². The molecule has 0 spiro atoms. The Labute approximate surface area is 329 Å². The smallest absolute Gasteiger partial charge is 0.164 e. The summed E-state index contributed by atoms with van der Waals surface area (Å²) in [7, 11) is 0. The van der Waals surface area contributed by atoms with Crippen molar-refractivity contribution in [1.82, 2.24) is 15.0 Å². The van der Waals surface area contributed by atoms with E-state index in [2.05, 4.69) is 182 Å². The van der Waals surface area contributed by atoms with Crippen LogP contribution in [0, 0.1) is 0 Å². The summed E-state index contributed by atoms with van der Waals surface area (Å²) in [4.78, 5) is 15.6. The summed E-state index contributed by atoms with van der Waals surface area (Å²) in [5.41, 5.74) is 11.2. The lowest BCUT2D eigenvalue weighted by molar-refractivity contribution is 0.670. The van der Waals surface area contributed by atoms with Crippen LogP contribution in [0.3, 0.4) is 0 Å². The summed E-state index contributed by atoms with van der Waals surface area (Å²) >= 11 is 0. The van der Waals surface area contributed by atoms with E-state index in [0.717, 1.165) is 71.7 Å². The summed E-state index contributed by atoms with van der Waals surface area (Å²) in [6.07, 6.45) is 0. The second kappa shape index (κ2) is 13.6. The summed E-state index contributed by atoms with van der Waals surface area (Å²) in [5.74, 6) is 1.82. The number of hydrogen-bond donors (Lipinski definition) is 0. The number of para-hydroxylation sites is 1. The Morgan fingerprint density at radius 3 is 1.65 bits per heavy atom. The van der Waals surface area contributed by atoms with Crippen molar-refractivity contribution in [3.63, 3.8) is 0 Å². The van der Waals surface area contributed by atoms with Crippen LogP contribution in [0.1, 0.15) is 0 Å². The Morgan fingerprint density at radius 1 is 0.298 bits per heavy atom. The summed E-state index contributed by atoms with van der Waals surface area (Å²) < 4.78 is 6.73. The SMILES string of the molecule is c1ccc(-c2ccc(-c3nc(-c4cccc5ccccc45)nc(-c4cccc5oc6c(-c7ccc(-c8ccc9ccccc9c8)cc7)cccc6c45)n3)cc2)cc1. The highest BCUT2D eigenvalue weighted by Crippen LogP contribution is 2.41. The van der Waals surface area contributed by atoms with E-state index in [9.17, 15) is 0 Å². The third-order valence-electron chi connectivity index (χ3n) is 11.0. The molecule has 0 fully saturated rings. The number of rotatable bonds is 6. The Kier molecular flexibility index (Phi) is 7.78. The second-order valence-corrected chi connectivity index (χ2v) is 14.4. The molecule has 0 aliphatic heterocycles. The molecule has 0 saturated heterocycles. The van der Waals surface area contributed by atoms with Crippen LogP contribution in [-0.2, 0) is 0 Å². The minimum Gasteiger partial charge on any atom is -0.455 e. The van der Waals surface area contributed by atoms with Crippen molar-refractivity contribution in [1.29, 1.82) is 0 Å². The molecule has 0 saturated carbocycles. The quantitative estimate of drug-likeness (QED) is 0.171. The van der Waals surface area contributed by atoms with Gasteiger partial charge in [-0.15, -0.1) is 0 Å². The van der Waals surface area contributed by atoms with Crippen LogP contribution < -0.4 is 0 Å². The van der Waals surface area contributed by atoms with E-state index in [4.69, 9.17) is 19.4 Å². The number of benzene rings is 9. The monoisotopic (exact) mass is 727 g/mol. The number of nitrogens with zero attached hydrogens (tertiary/aromatic N) is 3. The maximum absolute atomic E-state index is 6.73. The second-order valence-electron chi connectivity index (χ2n) is 14.4. The number of hydrogen-bond acceptors (Lipinski definition) is 4. The summed E-state index contributed by atoms with van der Waals surface area (Å²) in [5, 5.41) is 6.68. The molecule has 0 bridgehead atoms. The van der Waals surface area contributed by atoms with Crippen LogP contribution in [0.25, 0.3) is 111 Å². The Balaban J connectivity index is 1.05. The zero-order valence-corrected chi connectivity index (χ0v) is 30.8. The average Bonchev–Trinajstić information content (AvgIpc) is 3.68. The first-order valence-corrected chi connectivity index (χ1v) is 19.2. The largest absolute Gasteiger partial charge is 0.455 e. The van der Waals surface area contributed by atoms with Gasteiger partial charge in [-0.1, -0.05) is 188 Å². The summed E-state index contributed by atoms with van der Waals surface area (Å²) in [6, 6.07) is 69.9. The highest BCUT2D eigenvalue weighted by Gasteiger charge is 2.20. The molecule has 0 N–H and O–H groups in total. The fourth-order valence-corrected chi connectivity index (χ4v) is 8.08. The highest BCUT2D eigenvalue weighted by molar-refractivity contribution is 6.15. The first-order valence-electron chi connectivity index (χ1n) is 19.2. The van der Waals surface area contributed by atoms with Crippen LogP contribution in [-0.4, -0.2) is 15.0 Å². The molecule has 11 aromatic rings. The number of furan rings is 1. The maximum Gasteiger partial charge on any atom is 0.164 e. The van der Waals surface area contributed by atoms with Crippen LogP contribution >= 0.6 is 0 Å². The molecule has 2 aromatic heterocycles. The molecule has 9 aromatic carbocycles. The predicted molar refractivity (Wildman–Crippen MR) is 235 cm³/mol. The van der Waals surface area contributed by atoms with Gasteiger partial charge in [0.1, 0.15) is 11.2 Å². The normalized spacial score (nSPS) is 11.5. The molecule has 4 nitrogen and oxygen atoms in total. The number of fused-ring (bicyclic) bond motifs is 5. The standard InChI is InChI=1S/C53H33N3O/c1-2-11-34(12-3-1)36-25-30-40(31-26-36)51-54-52(45-19-8-16-38-14-6-7-17-43(38)45)56-53(55-51)47-21-10-22-48-49(47)46-20-9-18-44(50(46)57-48)39-28-23-37(24-29-39)42-32-27-35-13-4-5-15-41(35)33-42/h1-33H. The molecule has 0 amide bonds. The molecular formula is C53H33N3O. The number of aromatic nitrogens is 3. The minimum absolute atomic E-state index is 0.591. The molecule has 0 aliphatic carbocycles. The third kappa shape index (κ3) is 5.83. The summed E-state index contributed by atoms with van der Waals surface area (Å²) in [6.45, 7) is 0. The van der Waals surface area contributed by atoms with Gasteiger partial charge in [-0.2, -0.15) is 0 Å². The Hall–Kier alpha value is -7.69. The maximum atomic E-state index is 6.73. The predicted octanol–water partition coefficient (Wildman–Crippen LogP) is 14.1. The van der Waals surface area contributed by atoms with E-state index in [1.165, 1.54) is 21.9 Å². The van der Waals surface area contributed by atoms with Gasteiger partial charge >= 0.3 is 0 Å². The lowest BCUT2D eigenvalue weighted by atomic mass is 9.97. The third-order valence-corrected chi connectivity index (χ3v) is 11.0. The van der Waals surface area contributed by atoms with Crippen molar-refractivity contribution >= 4 is 43.5 Å². The van der Waals surface area contributed by atoms with E-state index >= 15 is 0 Å². The fourth-order valence-electron chi connectivity index (χ4n) is 8.08. The topological polar surface area (TPSA) is 51.8 Å². The van der Waals surface area contributed by atoms with Crippen LogP contribution in [0.15, 0.2) is 205 Å². The van der Waals surface area contributed by atoms with E-state index in [1.54, 1.807) is 0 Å². The van der Waals surface area contributed by atoms with Crippen molar-refractivity contribution in [3.8, 4) is 67.5 Å². The van der Waals surface area contributed by atoms with Crippen molar-refractivity contribution < 1.29 is 4.42 Å².